The summed E-state index contributed by atoms with van der Waals surface area (Å²) >= 11 is 0. The van der Waals surface area contributed by atoms with Gasteiger partial charge in [-0.2, -0.15) is 0 Å². The molecule has 0 radical (unpaired) electrons. The number of para-hydroxylation sites is 2. The Balaban J connectivity index is 1.18. The Kier molecular flexibility index (Phi) is 7.70. The lowest BCUT2D eigenvalue weighted by Crippen LogP contribution is -2.71. The molecule has 4 bridgehead atoms. The monoisotopic (exact) mass is 596 g/mol. The van der Waals surface area contributed by atoms with Crippen LogP contribution >= 0.6 is 16.8 Å². The molecule has 41 heavy (non-hydrogen) atoms. The summed E-state index contributed by atoms with van der Waals surface area (Å²) in [4.78, 5) is 0. The first-order valence-corrected chi connectivity index (χ1v) is 16.3. The molecule has 3 aromatic carbocycles. The number of ether oxygens (including phenoxy) is 3. The number of hydrogen-bond acceptors (Lipinski definition) is 7. The lowest BCUT2D eigenvalue weighted by Gasteiger charge is -2.68. The van der Waals surface area contributed by atoms with Crippen LogP contribution in [0.1, 0.15) is 62.8 Å². The average Bonchev–Trinajstić information content (AvgIpc) is 2.87. The number of benzene rings is 3. The molecule has 4 unspecified atom stereocenters. The molecule has 7 nitrogen and oxygen atoms in total. The summed E-state index contributed by atoms with van der Waals surface area (Å²) in [5.41, 5.74) is 4.10. The lowest BCUT2D eigenvalue weighted by atomic mass is 9.98. The van der Waals surface area contributed by atoms with Crippen LogP contribution in [0.15, 0.2) is 72.8 Å². The fourth-order valence-electron chi connectivity index (χ4n) is 6.48. The van der Waals surface area contributed by atoms with Crippen molar-refractivity contribution in [1.29, 1.82) is 0 Å². The summed E-state index contributed by atoms with van der Waals surface area (Å²) in [7, 11) is -2.81. The predicted molar refractivity (Wildman–Crippen MR) is 160 cm³/mol. The molecule has 0 aromatic heterocycles. The van der Waals surface area contributed by atoms with Crippen molar-refractivity contribution >= 4 is 16.8 Å². The standard InChI is InChI=1S/C32H38O7P2/c1-23-13-7-11-17-27(23)35-41(36-28-18-12-8-14-24(28)2)34-20-26-16-10-9-15-25(26)19-33-40-31(5)21-29(3)37-30(4,39-31)22-32(40,6)38-29/h7-18H,19-22H2,1-6H3. The van der Waals surface area contributed by atoms with Gasteiger partial charge >= 0.3 is 8.60 Å². The predicted octanol–water partition coefficient (Wildman–Crippen LogP) is 8.85. The Bertz CT molecular complexity index is 1320. The molecule has 0 spiro atoms. The molecule has 4 saturated heterocycles. The van der Waals surface area contributed by atoms with Crippen LogP contribution < -0.4 is 9.05 Å². The van der Waals surface area contributed by atoms with E-state index in [4.69, 9.17) is 32.3 Å². The van der Waals surface area contributed by atoms with E-state index in [2.05, 4.69) is 26.0 Å². The minimum absolute atomic E-state index is 0.312. The van der Waals surface area contributed by atoms with Crippen LogP contribution in [0.2, 0.25) is 0 Å². The molecule has 0 saturated carbocycles. The minimum atomic E-state index is -1.73. The number of rotatable bonds is 10. The highest BCUT2D eigenvalue weighted by Gasteiger charge is 2.72. The van der Waals surface area contributed by atoms with Gasteiger partial charge in [0.05, 0.1) is 21.4 Å². The third-order valence-electron chi connectivity index (χ3n) is 7.79. The van der Waals surface area contributed by atoms with E-state index in [-0.39, 0.29) is 0 Å². The number of aryl methyl sites for hydroxylation is 2. The molecule has 4 heterocycles. The van der Waals surface area contributed by atoms with Crippen LogP contribution in [0, 0.1) is 13.8 Å². The first-order valence-electron chi connectivity index (χ1n) is 14.0. The van der Waals surface area contributed by atoms with Gasteiger partial charge in [0.25, 0.3) is 0 Å². The second kappa shape index (κ2) is 10.9. The summed E-state index contributed by atoms with van der Waals surface area (Å²) in [5, 5.41) is -0.907. The van der Waals surface area contributed by atoms with Crippen LogP contribution in [0.5, 0.6) is 11.5 Å². The van der Waals surface area contributed by atoms with Crippen molar-refractivity contribution in [3.63, 3.8) is 0 Å². The summed E-state index contributed by atoms with van der Waals surface area (Å²) < 4.78 is 44.8. The SMILES string of the molecule is Cc1ccccc1OP(OCc1ccccc1COP1C2(C)CC3(C)OC(C)(CC1(C)O3)O2)Oc1ccccc1C. The highest BCUT2D eigenvalue weighted by Crippen LogP contribution is 2.76. The Morgan fingerprint density at radius 1 is 0.659 bits per heavy atom. The molecule has 4 aliphatic rings. The van der Waals surface area contributed by atoms with Gasteiger partial charge in [-0.25, -0.2) is 0 Å². The fourth-order valence-corrected chi connectivity index (χ4v) is 10.8. The van der Waals surface area contributed by atoms with E-state index in [9.17, 15) is 0 Å². The maximum atomic E-state index is 6.72. The largest absolute Gasteiger partial charge is 0.463 e. The van der Waals surface area contributed by atoms with Crippen molar-refractivity contribution in [1.82, 2.24) is 0 Å². The topological polar surface area (TPSA) is 64.6 Å². The van der Waals surface area contributed by atoms with E-state index >= 15 is 0 Å². The second-order valence-electron chi connectivity index (χ2n) is 11.8. The molecule has 4 atom stereocenters. The maximum Gasteiger partial charge on any atom is 0.463 e. The van der Waals surface area contributed by atoms with Crippen LogP contribution in [0.25, 0.3) is 0 Å². The van der Waals surface area contributed by atoms with E-state index < -0.39 is 39.0 Å². The zero-order chi connectivity index (χ0) is 28.9. The average molecular weight is 597 g/mol. The van der Waals surface area contributed by atoms with E-state index in [1.54, 1.807) is 0 Å². The van der Waals surface area contributed by atoms with Gasteiger partial charge in [-0.1, -0.05) is 60.7 Å². The van der Waals surface area contributed by atoms with Gasteiger partial charge in [0, 0.05) is 12.8 Å². The van der Waals surface area contributed by atoms with Crippen LogP contribution in [-0.2, 0) is 36.5 Å². The molecule has 3 aromatic rings. The zero-order valence-electron chi connectivity index (χ0n) is 24.5. The van der Waals surface area contributed by atoms with Crippen molar-refractivity contribution in [2.24, 2.45) is 0 Å². The zero-order valence-corrected chi connectivity index (χ0v) is 26.3. The van der Waals surface area contributed by atoms with Gasteiger partial charge < -0.3 is 27.8 Å². The summed E-state index contributed by atoms with van der Waals surface area (Å²) in [5.74, 6) is 0.157. The maximum absolute atomic E-state index is 6.72. The third-order valence-corrected chi connectivity index (χ3v) is 11.4. The lowest BCUT2D eigenvalue weighted by molar-refractivity contribution is -0.470. The third kappa shape index (κ3) is 5.92. The van der Waals surface area contributed by atoms with Gasteiger partial charge in [0.1, 0.15) is 22.2 Å². The van der Waals surface area contributed by atoms with E-state index in [0.717, 1.165) is 33.8 Å². The van der Waals surface area contributed by atoms with Crippen molar-refractivity contribution < 1.29 is 32.3 Å². The van der Waals surface area contributed by atoms with Crippen molar-refractivity contribution in [3.8, 4) is 11.5 Å². The molecule has 0 N–H and O–H groups in total. The molecule has 218 valence electrons. The van der Waals surface area contributed by atoms with Gasteiger partial charge in [-0.05, 0) is 75.9 Å². The molecule has 4 fully saturated rings. The quantitative estimate of drug-likeness (QED) is 0.217. The van der Waals surface area contributed by atoms with Gasteiger partial charge in [0.2, 0.25) is 0 Å². The van der Waals surface area contributed by atoms with Crippen molar-refractivity contribution in [3.05, 3.63) is 95.1 Å². The highest BCUT2D eigenvalue weighted by atomic mass is 31.2. The van der Waals surface area contributed by atoms with Crippen LogP contribution in [0.4, 0.5) is 0 Å². The normalized spacial score (nSPS) is 31.9. The summed E-state index contributed by atoms with van der Waals surface area (Å²) in [6, 6.07) is 23.9. The molecule has 7 rings (SSSR count). The van der Waals surface area contributed by atoms with Crippen molar-refractivity contribution in [2.45, 2.75) is 89.9 Å². The van der Waals surface area contributed by atoms with Crippen LogP contribution in [-0.4, -0.2) is 22.3 Å². The van der Waals surface area contributed by atoms with E-state index in [0.29, 0.717) is 26.1 Å². The first-order chi connectivity index (χ1) is 19.5. The van der Waals surface area contributed by atoms with E-state index in [1.165, 1.54) is 0 Å². The Morgan fingerprint density at radius 2 is 1.12 bits per heavy atom. The molecule has 0 amide bonds. The molecule has 9 heteroatoms. The molecule has 0 aliphatic carbocycles. The molecular formula is C32H38O7P2. The van der Waals surface area contributed by atoms with Crippen molar-refractivity contribution in [2.75, 3.05) is 0 Å². The highest BCUT2D eigenvalue weighted by molar-refractivity contribution is 7.55. The van der Waals surface area contributed by atoms with Gasteiger partial charge in [-0.3, -0.25) is 4.52 Å². The smallest absolute Gasteiger partial charge is 0.417 e. The van der Waals surface area contributed by atoms with E-state index in [1.807, 2.05) is 88.4 Å². The summed E-state index contributed by atoms with van der Waals surface area (Å²) in [6.07, 6.45) is 1.27. The Morgan fingerprint density at radius 3 is 1.63 bits per heavy atom. The molecule has 4 aliphatic heterocycles. The second-order valence-corrected chi connectivity index (χ2v) is 15.6. The molecular weight excluding hydrogens is 558 g/mol. The first kappa shape index (κ1) is 29.0. The Hall–Kier alpha value is -2.08. The summed E-state index contributed by atoms with van der Waals surface area (Å²) in [6.45, 7) is 13.1. The Labute approximate surface area is 245 Å². The number of hydrogen-bond donors (Lipinski definition) is 0. The van der Waals surface area contributed by atoms with Gasteiger partial charge in [0.15, 0.2) is 11.6 Å². The van der Waals surface area contributed by atoms with Gasteiger partial charge in [-0.15, -0.1) is 0 Å². The fraction of sp³-hybridized carbons (Fsp3) is 0.438. The minimum Gasteiger partial charge on any atom is -0.417 e. The van der Waals surface area contributed by atoms with Crippen LogP contribution in [0.3, 0.4) is 0 Å².